The molecule has 11 nitrogen and oxygen atoms in total. The molecule has 284 valence electrons. The molecule has 16 heteroatoms. The minimum atomic E-state index is -4.52. The Labute approximate surface area is 307 Å². The van der Waals surface area contributed by atoms with E-state index >= 15 is 0 Å². The molecule has 0 fully saturated rings. The highest BCUT2D eigenvalue weighted by molar-refractivity contribution is 7.89. The van der Waals surface area contributed by atoms with Crippen LogP contribution in [0.4, 0.5) is 29.3 Å². The summed E-state index contributed by atoms with van der Waals surface area (Å²) in [5.41, 5.74) is -0.434. The predicted octanol–water partition coefficient (Wildman–Crippen LogP) is 7.12. The number of hydrogen-bond donors (Lipinski definition) is 3. The van der Waals surface area contributed by atoms with Crippen molar-refractivity contribution in [2.24, 2.45) is 5.92 Å². The third-order valence-corrected chi connectivity index (χ3v) is 10.8. The average molecular weight is 769 g/mol. The van der Waals surface area contributed by atoms with E-state index < -0.39 is 51.8 Å². The molecule has 0 spiro atoms. The van der Waals surface area contributed by atoms with Crippen LogP contribution in [0.5, 0.6) is 5.75 Å². The monoisotopic (exact) mass is 768 g/mol. The second kappa shape index (κ2) is 17.8. The van der Waals surface area contributed by atoms with Gasteiger partial charge in [0.15, 0.2) is 0 Å². The van der Waals surface area contributed by atoms with Crippen LogP contribution in [0.1, 0.15) is 56.0 Å². The molecular formula is C36H44ClF3N4O7S. The number of aliphatic hydroxyl groups excluding tert-OH is 1. The first-order valence-corrected chi connectivity index (χ1v) is 18.6. The number of benzene rings is 3. The molecule has 3 aromatic carbocycles. The fraction of sp³-hybridized carbons (Fsp3) is 0.444. The fourth-order valence-corrected chi connectivity index (χ4v) is 6.95. The first kappa shape index (κ1) is 40.9. The van der Waals surface area contributed by atoms with Crippen molar-refractivity contribution < 1.29 is 45.8 Å². The molecule has 3 amide bonds. The fourth-order valence-electron chi connectivity index (χ4n) is 5.64. The van der Waals surface area contributed by atoms with E-state index in [4.69, 9.17) is 21.1 Å². The zero-order valence-electron chi connectivity index (χ0n) is 29.3. The van der Waals surface area contributed by atoms with E-state index in [-0.39, 0.29) is 53.4 Å². The number of sulfonamides is 1. The summed E-state index contributed by atoms with van der Waals surface area (Å²) in [6.07, 6.45) is -3.46. The van der Waals surface area contributed by atoms with E-state index in [9.17, 15) is 36.3 Å². The number of urea groups is 1. The Morgan fingerprint density at radius 1 is 1.04 bits per heavy atom. The van der Waals surface area contributed by atoms with Gasteiger partial charge in [-0.15, -0.1) is 0 Å². The maximum absolute atomic E-state index is 14.4. The van der Waals surface area contributed by atoms with Crippen LogP contribution in [-0.4, -0.2) is 86.3 Å². The van der Waals surface area contributed by atoms with Gasteiger partial charge in [-0.05, 0) is 99.8 Å². The number of anilines is 2. The van der Waals surface area contributed by atoms with Gasteiger partial charge in [-0.1, -0.05) is 18.5 Å². The van der Waals surface area contributed by atoms with Crippen molar-refractivity contribution >= 4 is 44.9 Å². The normalized spacial score (nSPS) is 20.0. The lowest BCUT2D eigenvalue weighted by Crippen LogP contribution is -2.48. The molecule has 4 rings (SSSR count). The average Bonchev–Trinajstić information content (AvgIpc) is 3.09. The highest BCUT2D eigenvalue weighted by Crippen LogP contribution is 2.31. The van der Waals surface area contributed by atoms with Gasteiger partial charge in [0.05, 0.1) is 40.9 Å². The molecule has 0 radical (unpaired) electrons. The van der Waals surface area contributed by atoms with Crippen LogP contribution in [0.2, 0.25) is 5.02 Å². The first-order chi connectivity index (χ1) is 24.5. The Morgan fingerprint density at radius 2 is 1.67 bits per heavy atom. The number of halogens is 4. The lowest BCUT2D eigenvalue weighted by atomic mass is 10.0. The molecule has 0 saturated heterocycles. The smallest absolute Gasteiger partial charge is 0.416 e. The van der Waals surface area contributed by atoms with Crippen molar-refractivity contribution in [3.8, 4) is 5.75 Å². The molecule has 1 aliphatic rings. The maximum Gasteiger partial charge on any atom is 0.416 e. The molecule has 0 aliphatic carbocycles. The topological polar surface area (TPSA) is 138 Å². The summed E-state index contributed by atoms with van der Waals surface area (Å²) in [6, 6.07) is 12.9. The van der Waals surface area contributed by atoms with Gasteiger partial charge < -0.3 is 30.1 Å². The minimum absolute atomic E-state index is 0.0140. The zero-order chi connectivity index (χ0) is 38.2. The van der Waals surface area contributed by atoms with E-state index in [2.05, 4.69) is 10.6 Å². The summed E-state index contributed by atoms with van der Waals surface area (Å²) in [7, 11) is -2.44. The summed E-state index contributed by atoms with van der Waals surface area (Å²) >= 11 is 5.97. The number of amides is 3. The van der Waals surface area contributed by atoms with Gasteiger partial charge in [0.2, 0.25) is 10.0 Å². The number of fused-ring (bicyclic) bond motifs is 1. The van der Waals surface area contributed by atoms with E-state index in [0.29, 0.717) is 24.5 Å². The molecule has 0 unspecified atom stereocenters. The van der Waals surface area contributed by atoms with E-state index in [1.165, 1.54) is 52.7 Å². The molecule has 3 N–H and O–H groups in total. The SMILES string of the molecule is C[C@@H]1CCCCO[C@@H](CN(C)S(=O)(=O)c2ccc(Cl)cc2)[C@H](C)CN([C@@H](C)CO)C(=O)c2cc(NC(=O)Nc3ccc(C(F)(F)F)cc3)ccc2O1. The number of nitrogens with zero attached hydrogens (tertiary/aromatic N) is 2. The van der Waals surface area contributed by atoms with E-state index in [0.717, 1.165) is 30.7 Å². The summed E-state index contributed by atoms with van der Waals surface area (Å²) in [5.74, 6) is -0.671. The molecule has 1 aliphatic heterocycles. The predicted molar refractivity (Wildman–Crippen MR) is 192 cm³/mol. The Kier molecular flexibility index (Phi) is 14.0. The van der Waals surface area contributed by atoms with Crippen LogP contribution < -0.4 is 15.4 Å². The van der Waals surface area contributed by atoms with Crippen LogP contribution in [0.3, 0.4) is 0 Å². The largest absolute Gasteiger partial charge is 0.490 e. The summed E-state index contributed by atoms with van der Waals surface area (Å²) in [4.78, 5) is 28.7. The Bertz CT molecular complexity index is 1780. The zero-order valence-corrected chi connectivity index (χ0v) is 30.9. The standard InChI is InChI=1S/C36H44ClF3N4O7S/c1-23-20-44(24(2)22-45)34(46)31-19-29(42-35(47)41-28-12-8-26(9-13-28)36(38,39)40)14-17-32(31)51-25(3)7-5-6-18-50-33(23)21-43(4)52(48,49)30-15-10-27(37)11-16-30/h8-17,19,23-25,33,45H,5-7,18,20-22H2,1-4H3,(H2,41,42,47)/t23-,24+,25-,33+/m1/s1. The second-order valence-corrected chi connectivity index (χ2v) is 15.4. The molecule has 1 heterocycles. The Hall–Kier alpha value is -3.89. The first-order valence-electron chi connectivity index (χ1n) is 16.8. The van der Waals surface area contributed by atoms with Crippen molar-refractivity contribution in [1.82, 2.24) is 9.21 Å². The van der Waals surface area contributed by atoms with Crippen molar-refractivity contribution in [2.45, 2.75) is 69.4 Å². The molecule has 3 aromatic rings. The number of hydrogen-bond acceptors (Lipinski definition) is 7. The van der Waals surface area contributed by atoms with Crippen LogP contribution in [0.25, 0.3) is 0 Å². The van der Waals surface area contributed by atoms with Gasteiger partial charge in [0.1, 0.15) is 5.75 Å². The van der Waals surface area contributed by atoms with Crippen molar-refractivity contribution in [3.63, 3.8) is 0 Å². The summed E-state index contributed by atoms with van der Waals surface area (Å²) in [6.45, 7) is 5.40. The lowest BCUT2D eigenvalue weighted by Gasteiger charge is -2.35. The number of likely N-dealkylation sites (N-methyl/N-ethyl adjacent to an activating group) is 1. The molecular weight excluding hydrogens is 725 g/mol. The third-order valence-electron chi connectivity index (χ3n) is 8.74. The lowest BCUT2D eigenvalue weighted by molar-refractivity contribution is -0.137. The maximum atomic E-state index is 14.4. The molecule has 0 saturated carbocycles. The number of ether oxygens (including phenoxy) is 2. The van der Waals surface area contributed by atoms with Crippen molar-refractivity contribution in [1.29, 1.82) is 0 Å². The minimum Gasteiger partial charge on any atom is -0.490 e. The second-order valence-electron chi connectivity index (χ2n) is 12.9. The van der Waals surface area contributed by atoms with Gasteiger partial charge in [0, 0.05) is 49.1 Å². The molecule has 4 atom stereocenters. The van der Waals surface area contributed by atoms with Crippen molar-refractivity contribution in [3.05, 3.63) is 82.9 Å². The van der Waals surface area contributed by atoms with E-state index in [1.807, 2.05) is 13.8 Å². The quantitative estimate of drug-likeness (QED) is 0.222. The molecule has 0 aromatic heterocycles. The van der Waals surface area contributed by atoms with Gasteiger partial charge in [-0.3, -0.25) is 4.79 Å². The van der Waals surface area contributed by atoms with Gasteiger partial charge in [-0.2, -0.15) is 17.5 Å². The molecule has 0 bridgehead atoms. The number of rotatable bonds is 8. The Balaban J connectivity index is 1.60. The van der Waals surface area contributed by atoms with Crippen LogP contribution >= 0.6 is 11.6 Å². The van der Waals surface area contributed by atoms with Crippen LogP contribution in [0.15, 0.2) is 71.6 Å². The van der Waals surface area contributed by atoms with Crippen LogP contribution in [0, 0.1) is 5.92 Å². The van der Waals surface area contributed by atoms with E-state index in [1.54, 1.807) is 13.0 Å². The number of alkyl halides is 3. The summed E-state index contributed by atoms with van der Waals surface area (Å²) < 4.78 is 79.4. The highest BCUT2D eigenvalue weighted by atomic mass is 35.5. The molecule has 52 heavy (non-hydrogen) atoms. The number of carbonyl (C=O) groups excluding carboxylic acids is 2. The van der Waals surface area contributed by atoms with Crippen molar-refractivity contribution in [2.75, 3.05) is 44.0 Å². The Morgan fingerprint density at radius 3 is 2.31 bits per heavy atom. The van der Waals surface area contributed by atoms with Gasteiger partial charge in [0.25, 0.3) is 5.91 Å². The number of aliphatic hydroxyl groups is 1. The highest BCUT2D eigenvalue weighted by Gasteiger charge is 2.33. The summed E-state index contributed by atoms with van der Waals surface area (Å²) in [5, 5.41) is 15.7. The van der Waals surface area contributed by atoms with Gasteiger partial charge in [-0.25, -0.2) is 13.2 Å². The third kappa shape index (κ3) is 10.8. The van der Waals surface area contributed by atoms with Crippen LogP contribution in [-0.2, 0) is 20.9 Å². The van der Waals surface area contributed by atoms with Gasteiger partial charge >= 0.3 is 12.2 Å². The number of nitrogens with one attached hydrogen (secondary N) is 2. The number of carbonyl (C=O) groups is 2.